The van der Waals surface area contributed by atoms with E-state index in [9.17, 15) is 4.79 Å². The van der Waals surface area contributed by atoms with Crippen molar-refractivity contribution in [3.05, 3.63) is 29.8 Å². The van der Waals surface area contributed by atoms with Crippen molar-refractivity contribution in [2.75, 3.05) is 19.7 Å². The molecule has 1 saturated heterocycles. The highest BCUT2D eigenvalue weighted by Crippen LogP contribution is 2.20. The zero-order valence-corrected chi connectivity index (χ0v) is 12.0. The van der Waals surface area contributed by atoms with Crippen molar-refractivity contribution in [3.8, 4) is 5.75 Å². The van der Waals surface area contributed by atoms with E-state index in [1.807, 2.05) is 0 Å². The Labute approximate surface area is 120 Å². The molecule has 2 rings (SSSR count). The molecule has 1 unspecified atom stereocenters. The van der Waals surface area contributed by atoms with Gasteiger partial charge in [0.2, 0.25) is 0 Å². The van der Waals surface area contributed by atoms with Gasteiger partial charge in [-0.3, -0.25) is 4.90 Å². The molecule has 4 heteroatoms. The van der Waals surface area contributed by atoms with Gasteiger partial charge in [0.05, 0.1) is 0 Å². The molecular formula is C16H23NO3. The number of ether oxygens (including phenoxy) is 1. The van der Waals surface area contributed by atoms with E-state index in [0.29, 0.717) is 18.4 Å². The molecule has 1 aliphatic heterocycles. The predicted molar refractivity (Wildman–Crippen MR) is 78.4 cm³/mol. The summed E-state index contributed by atoms with van der Waals surface area (Å²) in [6.07, 6.45) is 5.01. The van der Waals surface area contributed by atoms with Crippen LogP contribution in [0.3, 0.4) is 0 Å². The topological polar surface area (TPSA) is 49.8 Å². The van der Waals surface area contributed by atoms with Gasteiger partial charge in [-0.1, -0.05) is 25.5 Å². The number of benzene rings is 1. The highest BCUT2D eigenvalue weighted by atomic mass is 16.5. The third-order valence-electron chi connectivity index (χ3n) is 3.97. The lowest BCUT2D eigenvalue weighted by Crippen LogP contribution is -2.41. The SMILES string of the molecule is CCC1CCCCN1CCOc1ccccc1C(=O)O. The first-order valence-electron chi connectivity index (χ1n) is 7.41. The number of aromatic carboxylic acids is 1. The molecule has 110 valence electrons. The number of carboxylic acid groups (broad SMARTS) is 1. The van der Waals surface area contributed by atoms with Crippen LogP contribution in [-0.2, 0) is 0 Å². The molecule has 1 fully saturated rings. The second kappa shape index (κ2) is 7.29. The van der Waals surface area contributed by atoms with E-state index in [-0.39, 0.29) is 5.56 Å². The normalized spacial score (nSPS) is 19.8. The van der Waals surface area contributed by atoms with Gasteiger partial charge in [-0.2, -0.15) is 0 Å². The second-order valence-corrected chi connectivity index (χ2v) is 5.24. The average Bonchev–Trinajstić information content (AvgIpc) is 2.48. The Morgan fingerprint density at radius 3 is 2.95 bits per heavy atom. The zero-order valence-electron chi connectivity index (χ0n) is 12.0. The lowest BCUT2D eigenvalue weighted by atomic mass is 10.0. The number of carboxylic acids is 1. The smallest absolute Gasteiger partial charge is 0.339 e. The Kier molecular flexibility index (Phi) is 5.41. The Morgan fingerprint density at radius 1 is 1.40 bits per heavy atom. The Balaban J connectivity index is 1.88. The van der Waals surface area contributed by atoms with Crippen LogP contribution in [-0.4, -0.2) is 41.7 Å². The molecule has 4 nitrogen and oxygen atoms in total. The van der Waals surface area contributed by atoms with Crippen molar-refractivity contribution in [3.63, 3.8) is 0 Å². The maximum absolute atomic E-state index is 11.1. The number of para-hydroxylation sites is 1. The van der Waals surface area contributed by atoms with Crippen LogP contribution in [0.25, 0.3) is 0 Å². The fourth-order valence-corrected chi connectivity index (χ4v) is 2.86. The number of hydrogen-bond acceptors (Lipinski definition) is 3. The minimum atomic E-state index is -0.940. The van der Waals surface area contributed by atoms with Crippen molar-refractivity contribution in [1.82, 2.24) is 4.90 Å². The summed E-state index contributed by atoms with van der Waals surface area (Å²) in [5, 5.41) is 9.10. The number of piperidine rings is 1. The van der Waals surface area contributed by atoms with Gasteiger partial charge in [0.25, 0.3) is 0 Å². The average molecular weight is 277 g/mol. The molecule has 1 heterocycles. The number of carbonyl (C=O) groups is 1. The minimum absolute atomic E-state index is 0.234. The van der Waals surface area contributed by atoms with Gasteiger partial charge in [-0.15, -0.1) is 0 Å². The van der Waals surface area contributed by atoms with Crippen LogP contribution >= 0.6 is 0 Å². The zero-order chi connectivity index (χ0) is 14.4. The summed E-state index contributed by atoms with van der Waals surface area (Å²) >= 11 is 0. The molecule has 20 heavy (non-hydrogen) atoms. The predicted octanol–water partition coefficient (Wildman–Crippen LogP) is 3.03. The highest BCUT2D eigenvalue weighted by molar-refractivity contribution is 5.90. The summed E-state index contributed by atoms with van der Waals surface area (Å²) in [6, 6.07) is 7.47. The largest absolute Gasteiger partial charge is 0.491 e. The summed E-state index contributed by atoms with van der Waals surface area (Å²) in [4.78, 5) is 13.6. The van der Waals surface area contributed by atoms with Crippen LogP contribution in [0.15, 0.2) is 24.3 Å². The van der Waals surface area contributed by atoms with Gasteiger partial charge in [0, 0.05) is 12.6 Å². The fourth-order valence-electron chi connectivity index (χ4n) is 2.86. The Hall–Kier alpha value is -1.55. The molecule has 1 aromatic rings. The molecule has 0 saturated carbocycles. The molecule has 1 aliphatic rings. The summed E-state index contributed by atoms with van der Waals surface area (Å²) < 4.78 is 5.67. The van der Waals surface area contributed by atoms with E-state index in [0.717, 1.165) is 13.1 Å². The quantitative estimate of drug-likeness (QED) is 0.868. The lowest BCUT2D eigenvalue weighted by Gasteiger charge is -2.35. The second-order valence-electron chi connectivity index (χ2n) is 5.24. The molecule has 0 radical (unpaired) electrons. The maximum Gasteiger partial charge on any atom is 0.339 e. The van der Waals surface area contributed by atoms with Gasteiger partial charge in [0.15, 0.2) is 0 Å². The first-order chi connectivity index (χ1) is 9.72. The van der Waals surface area contributed by atoms with Crippen LogP contribution in [0.1, 0.15) is 43.0 Å². The van der Waals surface area contributed by atoms with Crippen LogP contribution in [0, 0.1) is 0 Å². The molecule has 0 bridgehead atoms. The van der Waals surface area contributed by atoms with Crippen molar-refractivity contribution < 1.29 is 14.6 Å². The minimum Gasteiger partial charge on any atom is -0.491 e. The van der Waals surface area contributed by atoms with Crippen molar-refractivity contribution in [2.24, 2.45) is 0 Å². The summed E-state index contributed by atoms with van der Waals surface area (Å²) in [7, 11) is 0. The fraction of sp³-hybridized carbons (Fsp3) is 0.562. The van der Waals surface area contributed by atoms with E-state index in [2.05, 4.69) is 11.8 Å². The van der Waals surface area contributed by atoms with Crippen molar-refractivity contribution >= 4 is 5.97 Å². The van der Waals surface area contributed by atoms with Crippen molar-refractivity contribution in [2.45, 2.75) is 38.6 Å². The van der Waals surface area contributed by atoms with Crippen LogP contribution < -0.4 is 4.74 Å². The van der Waals surface area contributed by atoms with Crippen LogP contribution in [0.4, 0.5) is 0 Å². The van der Waals surface area contributed by atoms with E-state index in [1.165, 1.54) is 25.7 Å². The maximum atomic E-state index is 11.1. The molecule has 0 aliphatic carbocycles. The molecule has 1 aromatic carbocycles. The van der Waals surface area contributed by atoms with Crippen LogP contribution in [0.2, 0.25) is 0 Å². The monoisotopic (exact) mass is 277 g/mol. The number of hydrogen-bond donors (Lipinski definition) is 1. The Bertz CT molecular complexity index is 447. The summed E-state index contributed by atoms with van der Waals surface area (Å²) in [5.74, 6) is -0.477. The standard InChI is InChI=1S/C16H23NO3/c1-2-13-7-5-6-10-17(13)11-12-20-15-9-4-3-8-14(15)16(18)19/h3-4,8-9,13H,2,5-7,10-12H2,1H3,(H,18,19). The van der Waals surface area contributed by atoms with Gasteiger partial charge < -0.3 is 9.84 Å². The number of nitrogens with zero attached hydrogens (tertiary/aromatic N) is 1. The molecule has 1 atom stereocenters. The van der Waals surface area contributed by atoms with Gasteiger partial charge >= 0.3 is 5.97 Å². The first kappa shape index (κ1) is 14.9. The molecular weight excluding hydrogens is 254 g/mol. The van der Waals surface area contributed by atoms with E-state index < -0.39 is 5.97 Å². The Morgan fingerprint density at radius 2 is 2.20 bits per heavy atom. The van der Waals surface area contributed by atoms with E-state index in [4.69, 9.17) is 9.84 Å². The van der Waals surface area contributed by atoms with Gasteiger partial charge in [-0.25, -0.2) is 4.79 Å². The van der Waals surface area contributed by atoms with E-state index in [1.54, 1.807) is 24.3 Å². The number of likely N-dealkylation sites (tertiary alicyclic amines) is 1. The third-order valence-corrected chi connectivity index (χ3v) is 3.97. The van der Waals surface area contributed by atoms with Crippen molar-refractivity contribution in [1.29, 1.82) is 0 Å². The third kappa shape index (κ3) is 3.73. The first-order valence-corrected chi connectivity index (χ1v) is 7.41. The molecule has 0 aromatic heterocycles. The molecule has 0 spiro atoms. The summed E-state index contributed by atoms with van der Waals surface area (Å²) in [6.45, 7) is 4.76. The van der Waals surface area contributed by atoms with Crippen LogP contribution in [0.5, 0.6) is 5.75 Å². The van der Waals surface area contributed by atoms with Gasteiger partial charge in [0.1, 0.15) is 17.9 Å². The van der Waals surface area contributed by atoms with Gasteiger partial charge in [-0.05, 0) is 37.9 Å². The molecule has 0 amide bonds. The number of rotatable bonds is 6. The summed E-state index contributed by atoms with van der Waals surface area (Å²) in [5.41, 5.74) is 0.234. The highest BCUT2D eigenvalue weighted by Gasteiger charge is 2.20. The van der Waals surface area contributed by atoms with E-state index >= 15 is 0 Å². The lowest BCUT2D eigenvalue weighted by molar-refractivity contribution is 0.0690. The molecule has 1 N–H and O–H groups in total.